The van der Waals surface area contributed by atoms with Crippen LogP contribution in [0.15, 0.2) is 18.2 Å². The Morgan fingerprint density at radius 2 is 2.41 bits per heavy atom. The van der Waals surface area contributed by atoms with Gasteiger partial charge in [-0.15, -0.1) is 0 Å². The van der Waals surface area contributed by atoms with E-state index in [1.165, 1.54) is 19.6 Å². The number of thioether (sulfide) groups is 1. The Morgan fingerprint density at radius 3 is 3.00 bits per heavy atom. The summed E-state index contributed by atoms with van der Waals surface area (Å²) in [6.07, 6.45) is 2.36. The summed E-state index contributed by atoms with van der Waals surface area (Å²) in [4.78, 5) is 0. The molecule has 2 rings (SSSR count). The third-order valence-corrected chi connectivity index (χ3v) is 4.56. The van der Waals surface area contributed by atoms with E-state index < -0.39 is 0 Å². The first-order valence-electron chi connectivity index (χ1n) is 5.83. The van der Waals surface area contributed by atoms with Crippen LogP contribution < -0.4 is 4.74 Å². The fourth-order valence-corrected chi connectivity index (χ4v) is 3.40. The van der Waals surface area contributed by atoms with E-state index in [-0.39, 0.29) is 17.7 Å². The van der Waals surface area contributed by atoms with Crippen LogP contribution in [0.25, 0.3) is 0 Å². The minimum absolute atomic E-state index is 0.249. The van der Waals surface area contributed by atoms with Crippen LogP contribution >= 0.6 is 11.8 Å². The van der Waals surface area contributed by atoms with Gasteiger partial charge in [-0.2, -0.15) is 11.8 Å². The molecule has 1 aromatic carbocycles. The fourth-order valence-electron chi connectivity index (χ4n) is 2.12. The van der Waals surface area contributed by atoms with Crippen molar-refractivity contribution < 1.29 is 14.2 Å². The average Bonchev–Trinajstić information content (AvgIpc) is 2.82. The summed E-state index contributed by atoms with van der Waals surface area (Å²) in [6.45, 7) is 0. The Kier molecular flexibility index (Phi) is 4.29. The van der Waals surface area contributed by atoms with Gasteiger partial charge in [0.05, 0.1) is 13.2 Å². The standard InChI is InChI=1S/C13H17FO2S/c1-16-12-5-4-9(7-10(12)14)8-11(15)13-3-2-6-17-13/h4-5,7,11,13,15H,2-3,6,8H2,1H3. The molecule has 0 saturated carbocycles. The zero-order valence-corrected chi connectivity index (χ0v) is 10.7. The maximum absolute atomic E-state index is 13.5. The van der Waals surface area contributed by atoms with Gasteiger partial charge in [-0.25, -0.2) is 4.39 Å². The van der Waals surface area contributed by atoms with Crippen molar-refractivity contribution in [2.24, 2.45) is 0 Å². The molecule has 1 fully saturated rings. The smallest absolute Gasteiger partial charge is 0.165 e. The van der Waals surface area contributed by atoms with Crippen LogP contribution in [0.1, 0.15) is 18.4 Å². The zero-order chi connectivity index (χ0) is 12.3. The van der Waals surface area contributed by atoms with Crippen LogP contribution in [-0.2, 0) is 6.42 Å². The Hall–Kier alpha value is -0.740. The highest BCUT2D eigenvalue weighted by atomic mass is 32.2. The van der Waals surface area contributed by atoms with Gasteiger partial charge < -0.3 is 9.84 Å². The lowest BCUT2D eigenvalue weighted by molar-refractivity contribution is 0.170. The molecule has 0 amide bonds. The Bertz CT molecular complexity index is 378. The monoisotopic (exact) mass is 256 g/mol. The molecule has 2 nitrogen and oxygen atoms in total. The molecule has 4 heteroatoms. The second kappa shape index (κ2) is 5.74. The van der Waals surface area contributed by atoms with Crippen molar-refractivity contribution in [3.8, 4) is 5.75 Å². The Morgan fingerprint density at radius 1 is 1.59 bits per heavy atom. The Labute approximate surface area is 105 Å². The van der Waals surface area contributed by atoms with Gasteiger partial charge in [0.25, 0.3) is 0 Å². The summed E-state index contributed by atoms with van der Waals surface area (Å²) in [5.41, 5.74) is 0.823. The molecule has 1 N–H and O–H groups in total. The molecule has 0 bridgehead atoms. The van der Waals surface area contributed by atoms with Crippen molar-refractivity contribution in [3.05, 3.63) is 29.6 Å². The van der Waals surface area contributed by atoms with Gasteiger partial charge in [0.2, 0.25) is 0 Å². The third kappa shape index (κ3) is 3.13. The molecule has 0 spiro atoms. The second-order valence-corrected chi connectivity index (χ2v) is 5.64. The van der Waals surface area contributed by atoms with E-state index in [9.17, 15) is 9.50 Å². The quantitative estimate of drug-likeness (QED) is 0.898. The van der Waals surface area contributed by atoms with Gasteiger partial charge in [0, 0.05) is 5.25 Å². The van der Waals surface area contributed by atoms with Gasteiger partial charge >= 0.3 is 0 Å². The molecule has 0 aromatic heterocycles. The highest BCUT2D eigenvalue weighted by molar-refractivity contribution is 8.00. The van der Waals surface area contributed by atoms with E-state index in [2.05, 4.69) is 0 Å². The molecule has 1 aliphatic rings. The number of hydrogen-bond donors (Lipinski definition) is 1. The van der Waals surface area contributed by atoms with E-state index in [4.69, 9.17) is 4.74 Å². The predicted molar refractivity (Wildman–Crippen MR) is 68.1 cm³/mol. The minimum Gasteiger partial charge on any atom is -0.494 e. The maximum atomic E-state index is 13.5. The molecule has 1 saturated heterocycles. The number of benzene rings is 1. The molecule has 2 unspecified atom stereocenters. The fraction of sp³-hybridized carbons (Fsp3) is 0.538. The van der Waals surface area contributed by atoms with E-state index in [0.29, 0.717) is 11.7 Å². The summed E-state index contributed by atoms with van der Waals surface area (Å²) >= 11 is 1.81. The SMILES string of the molecule is COc1ccc(CC(O)C2CCCS2)cc1F. The molecule has 1 aliphatic heterocycles. The van der Waals surface area contributed by atoms with Crippen LogP contribution in [0.3, 0.4) is 0 Å². The molecule has 2 atom stereocenters. The average molecular weight is 256 g/mol. The van der Waals surface area contributed by atoms with Crippen LogP contribution in [-0.4, -0.2) is 29.3 Å². The summed E-state index contributed by atoms with van der Waals surface area (Å²) in [7, 11) is 1.45. The summed E-state index contributed by atoms with van der Waals surface area (Å²) in [5.74, 6) is 1.01. The largest absolute Gasteiger partial charge is 0.494 e. The zero-order valence-electron chi connectivity index (χ0n) is 9.86. The van der Waals surface area contributed by atoms with Gasteiger partial charge in [0.15, 0.2) is 11.6 Å². The van der Waals surface area contributed by atoms with Crippen LogP contribution in [0.2, 0.25) is 0 Å². The van der Waals surface area contributed by atoms with Crippen molar-refractivity contribution in [2.45, 2.75) is 30.6 Å². The van der Waals surface area contributed by atoms with Gasteiger partial charge in [0.1, 0.15) is 0 Å². The van der Waals surface area contributed by atoms with Crippen molar-refractivity contribution >= 4 is 11.8 Å². The van der Waals surface area contributed by atoms with Crippen molar-refractivity contribution in [1.29, 1.82) is 0 Å². The van der Waals surface area contributed by atoms with Gasteiger partial charge in [-0.1, -0.05) is 6.07 Å². The molecule has 0 aliphatic carbocycles. The summed E-state index contributed by atoms with van der Waals surface area (Å²) in [5, 5.41) is 10.4. The second-order valence-electron chi connectivity index (χ2n) is 4.29. The van der Waals surface area contributed by atoms with Crippen molar-refractivity contribution in [2.75, 3.05) is 12.9 Å². The number of hydrogen-bond acceptors (Lipinski definition) is 3. The van der Waals surface area contributed by atoms with Gasteiger partial charge in [-0.05, 0) is 42.7 Å². The highest BCUT2D eigenvalue weighted by Gasteiger charge is 2.24. The molecular weight excluding hydrogens is 239 g/mol. The van der Waals surface area contributed by atoms with Crippen LogP contribution in [0, 0.1) is 5.82 Å². The van der Waals surface area contributed by atoms with Crippen molar-refractivity contribution in [1.82, 2.24) is 0 Å². The molecular formula is C13H17FO2S. The molecule has 1 aromatic rings. The molecule has 1 heterocycles. The van der Waals surface area contributed by atoms with Crippen molar-refractivity contribution in [3.63, 3.8) is 0 Å². The topological polar surface area (TPSA) is 29.5 Å². The minimum atomic E-state index is -0.379. The first-order valence-corrected chi connectivity index (χ1v) is 6.87. The lowest BCUT2D eigenvalue weighted by atomic mass is 10.0. The number of halogens is 1. The lowest BCUT2D eigenvalue weighted by Crippen LogP contribution is -2.23. The van der Waals surface area contributed by atoms with E-state index in [0.717, 1.165) is 17.7 Å². The molecule has 94 valence electrons. The third-order valence-electron chi connectivity index (χ3n) is 3.06. The first-order chi connectivity index (χ1) is 8.20. The van der Waals surface area contributed by atoms with E-state index >= 15 is 0 Å². The summed E-state index contributed by atoms with van der Waals surface area (Å²) < 4.78 is 18.3. The van der Waals surface area contributed by atoms with Gasteiger partial charge in [-0.3, -0.25) is 0 Å². The van der Waals surface area contributed by atoms with E-state index in [1.54, 1.807) is 6.07 Å². The molecule has 0 radical (unpaired) electrons. The van der Waals surface area contributed by atoms with Crippen LogP contribution in [0.5, 0.6) is 5.75 Å². The lowest BCUT2D eigenvalue weighted by Gasteiger charge is -2.17. The number of aliphatic hydroxyl groups is 1. The number of methoxy groups -OCH3 is 1. The molecule has 17 heavy (non-hydrogen) atoms. The van der Waals surface area contributed by atoms with Crippen LogP contribution in [0.4, 0.5) is 4.39 Å². The normalized spacial score (nSPS) is 21.5. The predicted octanol–water partition coefficient (Wildman–Crippen LogP) is 2.63. The maximum Gasteiger partial charge on any atom is 0.165 e. The Balaban J connectivity index is 2.00. The first kappa shape index (κ1) is 12.7. The van der Waals surface area contributed by atoms with E-state index in [1.807, 2.05) is 17.8 Å². The highest BCUT2D eigenvalue weighted by Crippen LogP contribution is 2.30. The number of rotatable bonds is 4. The summed E-state index contributed by atoms with van der Waals surface area (Å²) in [6, 6.07) is 4.87. The number of ether oxygens (including phenoxy) is 1. The number of aliphatic hydroxyl groups excluding tert-OH is 1.